The first-order chi connectivity index (χ1) is 16.7. The van der Waals surface area contributed by atoms with Gasteiger partial charge in [0.05, 0.1) is 13.0 Å². The molecule has 0 amide bonds. The molecule has 0 heterocycles. The average molecular weight is 497 g/mol. The van der Waals surface area contributed by atoms with Gasteiger partial charge in [-0.15, -0.1) is 0 Å². The van der Waals surface area contributed by atoms with Gasteiger partial charge in [-0.3, -0.25) is 9.59 Å². The highest BCUT2D eigenvalue weighted by atomic mass is 16.5. The summed E-state index contributed by atoms with van der Waals surface area (Å²) in [4.78, 5) is 24.7. The Hall–Kier alpha value is -2.10. The molecule has 3 rings (SSSR count). The van der Waals surface area contributed by atoms with E-state index in [1.54, 1.807) is 0 Å². The van der Waals surface area contributed by atoms with E-state index >= 15 is 0 Å². The molecule has 4 heteroatoms. The molecule has 0 aromatic heterocycles. The minimum absolute atomic E-state index is 0.0862. The Kier molecular flexibility index (Phi) is 8.18. The highest BCUT2D eigenvalue weighted by Gasteiger charge is 2.62. The van der Waals surface area contributed by atoms with Crippen LogP contribution in [0.4, 0.5) is 0 Å². The molecule has 0 unspecified atom stereocenters. The fourth-order valence-electron chi connectivity index (χ4n) is 7.85. The van der Waals surface area contributed by atoms with E-state index in [1.807, 2.05) is 0 Å². The molecule has 0 aliphatic heterocycles. The zero-order chi connectivity index (χ0) is 27.1. The summed E-state index contributed by atoms with van der Waals surface area (Å²) in [6.45, 7) is 21.9. The molecule has 36 heavy (non-hydrogen) atoms. The molecule has 0 radical (unpaired) electrons. The van der Waals surface area contributed by atoms with Gasteiger partial charge in [0.1, 0.15) is 0 Å². The van der Waals surface area contributed by atoms with Gasteiger partial charge in [0.15, 0.2) is 0 Å². The van der Waals surface area contributed by atoms with E-state index in [2.05, 4.69) is 66.9 Å². The number of esters is 1. The normalized spacial score (nSPS) is 34.2. The maximum Gasteiger partial charge on any atom is 0.306 e. The SMILES string of the molecule is C=C(CC[C@@H](C(=O)O)[C@H]1CC[C@@]2(C)C3=CC[C@@H](C(=C)C)[C@](C)(CCC(=O)OC)C3=CC[C@]12C)C(C)C. The molecule has 3 aliphatic rings. The van der Waals surface area contributed by atoms with E-state index < -0.39 is 5.97 Å². The Labute approximate surface area is 219 Å². The van der Waals surface area contributed by atoms with Gasteiger partial charge in [0.2, 0.25) is 0 Å². The van der Waals surface area contributed by atoms with Crippen LogP contribution in [-0.4, -0.2) is 24.2 Å². The number of hydrogen-bond donors (Lipinski definition) is 1. The number of aliphatic carboxylic acids is 1. The van der Waals surface area contributed by atoms with Crippen LogP contribution >= 0.6 is 0 Å². The predicted octanol–water partition coefficient (Wildman–Crippen LogP) is 7.91. The Bertz CT molecular complexity index is 984. The van der Waals surface area contributed by atoms with Crippen molar-refractivity contribution < 1.29 is 19.4 Å². The van der Waals surface area contributed by atoms with Gasteiger partial charge in [0, 0.05) is 6.42 Å². The molecule has 1 saturated carbocycles. The highest BCUT2D eigenvalue weighted by molar-refractivity contribution is 5.71. The zero-order valence-corrected chi connectivity index (χ0v) is 23.7. The molecule has 1 N–H and O–H groups in total. The van der Waals surface area contributed by atoms with Gasteiger partial charge < -0.3 is 9.84 Å². The van der Waals surface area contributed by atoms with E-state index in [4.69, 9.17) is 4.74 Å². The van der Waals surface area contributed by atoms with Crippen molar-refractivity contribution in [3.63, 3.8) is 0 Å². The summed E-state index contributed by atoms with van der Waals surface area (Å²) in [5, 5.41) is 10.3. The Morgan fingerprint density at radius 2 is 1.81 bits per heavy atom. The summed E-state index contributed by atoms with van der Waals surface area (Å²) in [5.74, 6) is -0.427. The number of methoxy groups -OCH3 is 1. The molecule has 0 spiro atoms. The van der Waals surface area contributed by atoms with Crippen molar-refractivity contribution >= 4 is 11.9 Å². The third-order valence-electron chi connectivity index (χ3n) is 10.7. The van der Waals surface area contributed by atoms with Crippen molar-refractivity contribution in [3.8, 4) is 0 Å². The van der Waals surface area contributed by atoms with Crippen LogP contribution in [0.2, 0.25) is 0 Å². The zero-order valence-electron chi connectivity index (χ0n) is 23.7. The monoisotopic (exact) mass is 496 g/mol. The van der Waals surface area contributed by atoms with E-state index in [0.717, 1.165) is 49.7 Å². The number of hydrogen-bond acceptors (Lipinski definition) is 3. The minimum atomic E-state index is -0.667. The number of rotatable bonds is 10. The van der Waals surface area contributed by atoms with Crippen molar-refractivity contribution in [2.24, 2.45) is 39.9 Å². The van der Waals surface area contributed by atoms with Gasteiger partial charge in [-0.1, -0.05) is 71.1 Å². The Morgan fingerprint density at radius 3 is 2.36 bits per heavy atom. The molecule has 0 saturated heterocycles. The molecule has 1 fully saturated rings. The van der Waals surface area contributed by atoms with Gasteiger partial charge in [-0.05, 0) is 97.0 Å². The van der Waals surface area contributed by atoms with Crippen molar-refractivity contribution in [2.45, 2.75) is 92.9 Å². The van der Waals surface area contributed by atoms with E-state index in [-0.39, 0.29) is 40.0 Å². The molecule has 0 aromatic carbocycles. The summed E-state index contributed by atoms with van der Waals surface area (Å²) in [7, 11) is 1.45. The summed E-state index contributed by atoms with van der Waals surface area (Å²) < 4.78 is 4.98. The highest BCUT2D eigenvalue weighted by Crippen LogP contribution is 2.70. The first-order valence-electron chi connectivity index (χ1n) is 13.8. The summed E-state index contributed by atoms with van der Waals surface area (Å²) in [6.07, 6.45) is 11.1. The molecule has 0 bridgehead atoms. The maximum absolute atomic E-state index is 12.6. The van der Waals surface area contributed by atoms with Gasteiger partial charge in [0.25, 0.3) is 0 Å². The van der Waals surface area contributed by atoms with Crippen LogP contribution in [0.1, 0.15) is 92.9 Å². The van der Waals surface area contributed by atoms with Crippen LogP contribution in [0.15, 0.2) is 47.6 Å². The summed E-state index contributed by atoms with van der Waals surface area (Å²) in [5.41, 5.74) is 4.64. The van der Waals surface area contributed by atoms with E-state index in [1.165, 1.54) is 18.3 Å². The Balaban J connectivity index is 1.99. The number of carboxylic acid groups (broad SMARTS) is 1. The number of carboxylic acids is 1. The molecule has 200 valence electrons. The lowest BCUT2D eigenvalue weighted by molar-refractivity contribution is -0.146. The van der Waals surface area contributed by atoms with Gasteiger partial charge >= 0.3 is 11.9 Å². The van der Waals surface area contributed by atoms with Crippen molar-refractivity contribution in [1.29, 1.82) is 0 Å². The number of carbonyl (C=O) groups excluding carboxylic acids is 1. The molecule has 3 aliphatic carbocycles. The second-order valence-electron chi connectivity index (χ2n) is 12.8. The predicted molar refractivity (Wildman–Crippen MR) is 146 cm³/mol. The lowest BCUT2D eigenvalue weighted by Crippen LogP contribution is -2.48. The van der Waals surface area contributed by atoms with E-state index in [9.17, 15) is 14.7 Å². The van der Waals surface area contributed by atoms with Crippen LogP contribution in [0.25, 0.3) is 0 Å². The molecular formula is C32H48O4. The summed E-state index contributed by atoms with van der Waals surface area (Å²) >= 11 is 0. The largest absolute Gasteiger partial charge is 0.481 e. The topological polar surface area (TPSA) is 63.6 Å². The molecular weight excluding hydrogens is 448 g/mol. The molecule has 0 aromatic rings. The minimum Gasteiger partial charge on any atom is -0.481 e. The number of fused-ring (bicyclic) bond motifs is 3. The maximum atomic E-state index is 12.6. The van der Waals surface area contributed by atoms with Crippen molar-refractivity contribution in [2.75, 3.05) is 7.11 Å². The van der Waals surface area contributed by atoms with E-state index in [0.29, 0.717) is 18.8 Å². The quantitative estimate of drug-likeness (QED) is 0.246. The fraction of sp³-hybridized carbons (Fsp3) is 0.688. The first-order valence-corrected chi connectivity index (χ1v) is 13.8. The standard InChI is InChI=1S/C32H48O4/c1-20(2)22(5)10-11-23(29(34)35)25-14-18-32(8)27-13-12-24(21(3)4)30(6,17-16-28(33)36-9)26(27)15-19-31(25,32)7/h13,15,20,23-25H,3,5,10-12,14,16-19H2,1-2,4,6-9H3,(H,34,35)/t23-,24+,25-,30+,31-,32+/m1/s1. The number of carbonyl (C=O) groups is 2. The van der Waals surface area contributed by atoms with Crippen LogP contribution in [-0.2, 0) is 14.3 Å². The second kappa shape index (κ2) is 10.3. The number of allylic oxidation sites excluding steroid dienone is 6. The molecule has 4 nitrogen and oxygen atoms in total. The van der Waals surface area contributed by atoms with Crippen LogP contribution in [0, 0.1) is 39.9 Å². The average Bonchev–Trinajstić information content (AvgIpc) is 3.08. The third-order valence-corrected chi connectivity index (χ3v) is 10.7. The van der Waals surface area contributed by atoms with Crippen LogP contribution in [0.3, 0.4) is 0 Å². The molecule has 6 atom stereocenters. The number of ether oxygens (including phenoxy) is 1. The smallest absolute Gasteiger partial charge is 0.306 e. The fourth-order valence-corrected chi connectivity index (χ4v) is 7.85. The lowest BCUT2D eigenvalue weighted by atomic mass is 9.48. The first kappa shape index (κ1) is 28.5. The lowest BCUT2D eigenvalue weighted by Gasteiger charge is -2.56. The van der Waals surface area contributed by atoms with Crippen molar-refractivity contribution in [3.05, 3.63) is 47.6 Å². The van der Waals surface area contributed by atoms with Gasteiger partial charge in [-0.25, -0.2) is 0 Å². The third kappa shape index (κ3) is 4.65. The summed E-state index contributed by atoms with van der Waals surface area (Å²) in [6, 6.07) is 0. The van der Waals surface area contributed by atoms with Gasteiger partial charge in [-0.2, -0.15) is 0 Å². The van der Waals surface area contributed by atoms with Crippen molar-refractivity contribution in [1.82, 2.24) is 0 Å². The van der Waals surface area contributed by atoms with Crippen LogP contribution in [0.5, 0.6) is 0 Å². The Morgan fingerprint density at radius 1 is 1.14 bits per heavy atom. The second-order valence-corrected chi connectivity index (χ2v) is 12.8. The van der Waals surface area contributed by atoms with Crippen LogP contribution < -0.4 is 0 Å².